The molecular weight excluding hydrogens is 186 g/mol. The first kappa shape index (κ1) is 9.57. The first-order valence-corrected chi connectivity index (χ1v) is 4.63. The van der Waals surface area contributed by atoms with Crippen molar-refractivity contribution in [1.29, 1.82) is 0 Å². The first-order valence-electron chi connectivity index (χ1n) is 4.63. The van der Waals surface area contributed by atoms with Gasteiger partial charge in [0, 0.05) is 6.61 Å². The number of hydrogen-bond acceptors (Lipinski definition) is 6. The largest absolute Gasteiger partial charge is 0.394 e. The average molecular weight is 199 g/mol. The molecule has 2 unspecified atom stereocenters. The van der Waals surface area contributed by atoms with Gasteiger partial charge in [-0.3, -0.25) is 0 Å². The summed E-state index contributed by atoms with van der Waals surface area (Å²) in [4.78, 5) is 4.08. The summed E-state index contributed by atoms with van der Waals surface area (Å²) >= 11 is 0. The molecule has 6 nitrogen and oxygen atoms in total. The molecule has 0 spiro atoms. The normalized spacial score (nSPS) is 24.0. The van der Waals surface area contributed by atoms with Crippen LogP contribution in [0.3, 0.4) is 0 Å². The zero-order valence-electron chi connectivity index (χ0n) is 7.72. The Labute approximate surface area is 81.0 Å². The standard InChI is InChI=1S/C8H13N3O3/c9-5(4-12)7-10-8(14-11-7)6-2-1-3-13-6/h5-6,12H,1-4,9H2. The van der Waals surface area contributed by atoms with E-state index in [1.54, 1.807) is 0 Å². The van der Waals surface area contributed by atoms with Gasteiger partial charge < -0.3 is 20.1 Å². The van der Waals surface area contributed by atoms with E-state index in [9.17, 15) is 0 Å². The number of aliphatic hydroxyl groups is 1. The predicted molar refractivity (Wildman–Crippen MR) is 46.2 cm³/mol. The van der Waals surface area contributed by atoms with Gasteiger partial charge in [-0.2, -0.15) is 4.98 Å². The van der Waals surface area contributed by atoms with Gasteiger partial charge in [0.2, 0.25) is 0 Å². The Balaban J connectivity index is 2.08. The minimum Gasteiger partial charge on any atom is -0.394 e. The second-order valence-corrected chi connectivity index (χ2v) is 3.28. The molecule has 3 N–H and O–H groups in total. The number of rotatable bonds is 3. The van der Waals surface area contributed by atoms with Crippen LogP contribution in [0, 0.1) is 0 Å². The number of aliphatic hydroxyl groups excluding tert-OH is 1. The summed E-state index contributed by atoms with van der Waals surface area (Å²) in [5, 5.41) is 12.5. The molecule has 0 aliphatic carbocycles. The Kier molecular flexibility index (Phi) is 2.76. The van der Waals surface area contributed by atoms with Crippen LogP contribution in [-0.2, 0) is 4.74 Å². The third-order valence-electron chi connectivity index (χ3n) is 2.19. The summed E-state index contributed by atoms with van der Waals surface area (Å²) < 4.78 is 10.4. The van der Waals surface area contributed by atoms with Crippen LogP contribution in [0.5, 0.6) is 0 Å². The Hall–Kier alpha value is -0.980. The maximum Gasteiger partial charge on any atom is 0.255 e. The van der Waals surface area contributed by atoms with Crippen LogP contribution >= 0.6 is 0 Å². The molecule has 2 rings (SSSR count). The van der Waals surface area contributed by atoms with Crippen molar-refractivity contribution in [3.8, 4) is 0 Å². The van der Waals surface area contributed by atoms with Crippen LogP contribution in [0.1, 0.15) is 36.7 Å². The summed E-state index contributed by atoms with van der Waals surface area (Å²) in [6.45, 7) is 0.541. The molecule has 0 radical (unpaired) electrons. The van der Waals surface area contributed by atoms with Crippen molar-refractivity contribution in [3.63, 3.8) is 0 Å². The lowest BCUT2D eigenvalue weighted by Crippen LogP contribution is -2.16. The Bertz CT molecular complexity index is 296. The molecule has 1 fully saturated rings. The Morgan fingerprint density at radius 3 is 3.14 bits per heavy atom. The van der Waals surface area contributed by atoms with Gasteiger partial charge >= 0.3 is 0 Å². The van der Waals surface area contributed by atoms with Crippen molar-refractivity contribution in [2.24, 2.45) is 5.73 Å². The fourth-order valence-electron chi connectivity index (χ4n) is 1.38. The number of nitrogens with two attached hydrogens (primary N) is 1. The molecular formula is C8H13N3O3. The highest BCUT2D eigenvalue weighted by molar-refractivity contribution is 4.96. The lowest BCUT2D eigenvalue weighted by Gasteiger charge is -2.01. The Morgan fingerprint density at radius 2 is 2.50 bits per heavy atom. The molecule has 0 bridgehead atoms. The third-order valence-corrected chi connectivity index (χ3v) is 2.19. The van der Waals surface area contributed by atoms with Gasteiger partial charge in [0.05, 0.1) is 12.6 Å². The van der Waals surface area contributed by atoms with Crippen LogP contribution in [0.4, 0.5) is 0 Å². The molecule has 78 valence electrons. The topological polar surface area (TPSA) is 94.4 Å². The highest BCUT2D eigenvalue weighted by Crippen LogP contribution is 2.27. The van der Waals surface area contributed by atoms with Crippen molar-refractivity contribution in [2.45, 2.75) is 25.0 Å². The lowest BCUT2D eigenvalue weighted by atomic mass is 10.2. The van der Waals surface area contributed by atoms with E-state index in [1.165, 1.54) is 0 Å². The molecule has 1 aliphatic heterocycles. The summed E-state index contributed by atoms with van der Waals surface area (Å²) in [7, 11) is 0. The van der Waals surface area contributed by atoms with Gasteiger partial charge in [-0.1, -0.05) is 5.16 Å². The second-order valence-electron chi connectivity index (χ2n) is 3.28. The highest BCUT2D eigenvalue weighted by Gasteiger charge is 2.24. The van der Waals surface area contributed by atoms with Crippen LogP contribution < -0.4 is 5.73 Å². The molecule has 0 saturated carbocycles. The van der Waals surface area contributed by atoms with E-state index >= 15 is 0 Å². The number of aromatic nitrogens is 2. The second kappa shape index (κ2) is 4.04. The van der Waals surface area contributed by atoms with Crippen molar-refractivity contribution in [3.05, 3.63) is 11.7 Å². The molecule has 0 aromatic carbocycles. The zero-order valence-corrected chi connectivity index (χ0v) is 7.72. The van der Waals surface area contributed by atoms with E-state index in [0.717, 1.165) is 19.4 Å². The zero-order chi connectivity index (χ0) is 9.97. The minimum atomic E-state index is -0.575. The van der Waals surface area contributed by atoms with Crippen LogP contribution in [0.15, 0.2) is 4.52 Å². The van der Waals surface area contributed by atoms with Crippen molar-refractivity contribution < 1.29 is 14.4 Å². The van der Waals surface area contributed by atoms with Gasteiger partial charge in [-0.15, -0.1) is 0 Å². The molecule has 0 amide bonds. The summed E-state index contributed by atoms with van der Waals surface area (Å²) in [5.74, 6) is 0.791. The highest BCUT2D eigenvalue weighted by atomic mass is 16.5. The molecule has 6 heteroatoms. The number of nitrogens with zero attached hydrogens (tertiary/aromatic N) is 2. The molecule has 2 heterocycles. The van der Waals surface area contributed by atoms with E-state index in [0.29, 0.717) is 11.7 Å². The molecule has 1 aromatic rings. The lowest BCUT2D eigenvalue weighted by molar-refractivity contribution is 0.0835. The molecule has 1 aromatic heterocycles. The predicted octanol–water partition coefficient (Wildman–Crippen LogP) is -0.0868. The SMILES string of the molecule is NC(CO)c1noc(C2CCCO2)n1. The fraction of sp³-hybridized carbons (Fsp3) is 0.750. The maximum absolute atomic E-state index is 8.78. The monoisotopic (exact) mass is 199 g/mol. The van der Waals surface area contributed by atoms with Gasteiger partial charge in [0.25, 0.3) is 5.89 Å². The van der Waals surface area contributed by atoms with Gasteiger partial charge in [-0.05, 0) is 12.8 Å². The summed E-state index contributed by atoms with van der Waals surface area (Å²) in [6.07, 6.45) is 1.81. The van der Waals surface area contributed by atoms with Crippen LogP contribution in [-0.4, -0.2) is 28.5 Å². The third kappa shape index (κ3) is 1.77. The van der Waals surface area contributed by atoms with Crippen molar-refractivity contribution in [2.75, 3.05) is 13.2 Å². The van der Waals surface area contributed by atoms with Crippen LogP contribution in [0.2, 0.25) is 0 Å². The van der Waals surface area contributed by atoms with Crippen LogP contribution in [0.25, 0.3) is 0 Å². The van der Waals surface area contributed by atoms with Gasteiger partial charge in [0.1, 0.15) is 6.10 Å². The van der Waals surface area contributed by atoms with Gasteiger partial charge in [-0.25, -0.2) is 0 Å². The number of ether oxygens (including phenoxy) is 1. The first-order chi connectivity index (χ1) is 6.81. The molecule has 2 atom stereocenters. The molecule has 1 saturated heterocycles. The minimum absolute atomic E-state index is 0.0952. The van der Waals surface area contributed by atoms with Gasteiger partial charge in [0.15, 0.2) is 5.82 Å². The molecule has 1 aliphatic rings. The van der Waals surface area contributed by atoms with E-state index in [-0.39, 0.29) is 12.7 Å². The number of hydrogen-bond donors (Lipinski definition) is 2. The van der Waals surface area contributed by atoms with Crippen molar-refractivity contribution in [1.82, 2.24) is 10.1 Å². The van der Waals surface area contributed by atoms with E-state index in [2.05, 4.69) is 10.1 Å². The van der Waals surface area contributed by atoms with Crippen molar-refractivity contribution >= 4 is 0 Å². The molecule has 14 heavy (non-hydrogen) atoms. The maximum atomic E-state index is 8.78. The quantitative estimate of drug-likeness (QED) is 0.706. The summed E-state index contributed by atoms with van der Waals surface area (Å²) in [6, 6.07) is -0.575. The Morgan fingerprint density at radius 1 is 1.64 bits per heavy atom. The summed E-state index contributed by atoms with van der Waals surface area (Å²) in [5.41, 5.74) is 5.53. The van der Waals surface area contributed by atoms with E-state index in [1.807, 2.05) is 0 Å². The van der Waals surface area contributed by atoms with E-state index in [4.69, 9.17) is 20.1 Å². The average Bonchev–Trinajstić information content (AvgIpc) is 2.86. The fourth-order valence-corrected chi connectivity index (χ4v) is 1.38. The smallest absolute Gasteiger partial charge is 0.255 e. The van der Waals surface area contributed by atoms with E-state index < -0.39 is 6.04 Å².